The van der Waals surface area contributed by atoms with Gasteiger partial charge in [-0.05, 0) is 41.0 Å². The molecule has 0 saturated heterocycles. The number of rotatable bonds is 7. The van der Waals surface area contributed by atoms with E-state index in [2.05, 4.69) is 125 Å². The summed E-state index contributed by atoms with van der Waals surface area (Å²) in [6.45, 7) is 2.97. The van der Waals surface area contributed by atoms with Crippen LogP contribution in [0.2, 0.25) is 0 Å². The maximum absolute atomic E-state index is 2.45. The SMILES string of the molecule is C1=CN(Cc2cccc3ccccc23)CN1CCP(c1ccccc1)c1ccccc1. The molecular weight excluding hydrogens is 395 g/mol. The number of fused-ring (bicyclic) bond motifs is 1. The molecule has 2 nitrogen and oxygen atoms in total. The van der Waals surface area contributed by atoms with Gasteiger partial charge in [-0.2, -0.15) is 0 Å². The van der Waals surface area contributed by atoms with Crippen LogP contribution >= 0.6 is 7.92 Å². The molecule has 0 aromatic heterocycles. The Morgan fingerprint density at radius 3 is 1.97 bits per heavy atom. The maximum atomic E-state index is 2.45. The molecule has 0 atom stereocenters. The second-order valence-corrected chi connectivity index (χ2v) is 10.3. The minimum atomic E-state index is -0.347. The summed E-state index contributed by atoms with van der Waals surface area (Å²) in [4.78, 5) is 4.86. The van der Waals surface area contributed by atoms with Crippen molar-refractivity contribution >= 4 is 29.3 Å². The summed E-state index contributed by atoms with van der Waals surface area (Å²) in [5.74, 6) is 0. The minimum Gasteiger partial charge on any atom is -0.358 e. The smallest absolute Gasteiger partial charge is 0.0897 e. The van der Waals surface area contributed by atoms with Crippen LogP contribution in [-0.2, 0) is 6.54 Å². The second kappa shape index (κ2) is 9.37. The Balaban J connectivity index is 1.25. The number of benzene rings is 4. The van der Waals surface area contributed by atoms with E-state index < -0.39 is 0 Å². The minimum absolute atomic E-state index is 0.347. The Labute approximate surface area is 186 Å². The molecule has 0 fully saturated rings. The Bertz CT molecular complexity index is 1110. The lowest BCUT2D eigenvalue weighted by atomic mass is 10.0. The molecule has 0 N–H and O–H groups in total. The lowest BCUT2D eigenvalue weighted by molar-refractivity contribution is 0.269. The molecule has 154 valence electrons. The van der Waals surface area contributed by atoms with Gasteiger partial charge in [-0.25, -0.2) is 0 Å². The average molecular weight is 423 g/mol. The fourth-order valence-electron chi connectivity index (χ4n) is 4.26. The number of hydrogen-bond donors (Lipinski definition) is 0. The molecule has 0 bridgehead atoms. The largest absolute Gasteiger partial charge is 0.358 e. The van der Waals surface area contributed by atoms with Gasteiger partial charge in [0.15, 0.2) is 0 Å². The van der Waals surface area contributed by atoms with Gasteiger partial charge in [-0.3, -0.25) is 0 Å². The molecular formula is C28H27N2P. The highest BCUT2D eigenvalue weighted by Gasteiger charge is 2.18. The highest BCUT2D eigenvalue weighted by molar-refractivity contribution is 7.73. The van der Waals surface area contributed by atoms with Gasteiger partial charge < -0.3 is 9.80 Å². The van der Waals surface area contributed by atoms with E-state index in [-0.39, 0.29) is 7.92 Å². The van der Waals surface area contributed by atoms with Crippen molar-refractivity contribution in [2.75, 3.05) is 19.4 Å². The molecule has 0 amide bonds. The molecule has 1 aliphatic rings. The Morgan fingerprint density at radius 1 is 0.613 bits per heavy atom. The van der Waals surface area contributed by atoms with Crippen LogP contribution in [0.1, 0.15) is 5.56 Å². The summed E-state index contributed by atoms with van der Waals surface area (Å²) in [5.41, 5.74) is 1.39. The molecule has 0 unspecified atom stereocenters. The summed E-state index contributed by atoms with van der Waals surface area (Å²) >= 11 is 0. The highest BCUT2D eigenvalue weighted by Crippen LogP contribution is 2.33. The van der Waals surface area contributed by atoms with Gasteiger partial charge >= 0.3 is 0 Å². The summed E-state index contributed by atoms with van der Waals surface area (Å²) < 4.78 is 0. The van der Waals surface area contributed by atoms with E-state index in [0.717, 1.165) is 25.9 Å². The molecule has 0 aliphatic carbocycles. The van der Waals surface area contributed by atoms with Crippen LogP contribution in [-0.4, -0.2) is 29.2 Å². The first-order valence-corrected chi connectivity index (χ1v) is 12.4. The van der Waals surface area contributed by atoms with Crippen molar-refractivity contribution in [2.45, 2.75) is 6.54 Å². The Hall–Kier alpha value is -3.09. The summed E-state index contributed by atoms with van der Waals surface area (Å²) in [6, 6.07) is 37.3. The van der Waals surface area contributed by atoms with Crippen LogP contribution < -0.4 is 10.6 Å². The van der Waals surface area contributed by atoms with Crippen molar-refractivity contribution in [2.24, 2.45) is 0 Å². The van der Waals surface area contributed by atoms with Gasteiger partial charge in [0.2, 0.25) is 0 Å². The molecule has 5 rings (SSSR count). The molecule has 1 aliphatic heterocycles. The van der Waals surface area contributed by atoms with Crippen LogP contribution in [0.5, 0.6) is 0 Å². The van der Waals surface area contributed by atoms with Crippen molar-refractivity contribution in [3.8, 4) is 0 Å². The van der Waals surface area contributed by atoms with Crippen LogP contribution in [0.25, 0.3) is 10.8 Å². The highest BCUT2D eigenvalue weighted by atomic mass is 31.1. The standard InChI is InChI=1S/C28H27N2P/c1-3-13-26(14-4-1)31(27-15-5-2-6-16-27)21-20-29-18-19-30(23-29)22-25-12-9-11-24-10-7-8-17-28(24)25/h1-19H,20-23H2. The normalized spacial score (nSPS) is 13.5. The van der Waals surface area contributed by atoms with Gasteiger partial charge in [0.05, 0.1) is 6.67 Å². The summed E-state index contributed by atoms with van der Waals surface area (Å²) in [7, 11) is -0.347. The molecule has 0 spiro atoms. The predicted octanol–water partition coefficient (Wildman–Crippen LogP) is 5.52. The first-order valence-electron chi connectivity index (χ1n) is 10.9. The van der Waals surface area contributed by atoms with Crippen LogP contribution in [0, 0.1) is 0 Å². The van der Waals surface area contributed by atoms with E-state index >= 15 is 0 Å². The van der Waals surface area contributed by atoms with Crippen LogP contribution in [0.4, 0.5) is 0 Å². The molecule has 4 aromatic rings. The Morgan fingerprint density at radius 2 is 1.23 bits per heavy atom. The van der Waals surface area contributed by atoms with Gasteiger partial charge in [0.25, 0.3) is 0 Å². The van der Waals surface area contributed by atoms with Gasteiger partial charge in [0.1, 0.15) is 0 Å². The lowest BCUT2D eigenvalue weighted by Gasteiger charge is -2.25. The lowest BCUT2D eigenvalue weighted by Crippen LogP contribution is -2.28. The monoisotopic (exact) mass is 422 g/mol. The van der Waals surface area contributed by atoms with Gasteiger partial charge in [-0.15, -0.1) is 0 Å². The van der Waals surface area contributed by atoms with E-state index in [9.17, 15) is 0 Å². The van der Waals surface area contributed by atoms with Crippen molar-refractivity contribution in [1.82, 2.24) is 9.80 Å². The fourth-order valence-corrected chi connectivity index (χ4v) is 6.60. The zero-order valence-corrected chi connectivity index (χ0v) is 18.5. The average Bonchev–Trinajstić information content (AvgIpc) is 3.28. The van der Waals surface area contributed by atoms with Crippen LogP contribution in [0.3, 0.4) is 0 Å². The first kappa shape index (κ1) is 19.8. The van der Waals surface area contributed by atoms with Crippen molar-refractivity contribution in [3.05, 3.63) is 121 Å². The topological polar surface area (TPSA) is 6.48 Å². The zero-order chi connectivity index (χ0) is 20.9. The fraction of sp³-hybridized carbons (Fsp3) is 0.143. The molecule has 4 aromatic carbocycles. The maximum Gasteiger partial charge on any atom is 0.0897 e. The summed E-state index contributed by atoms with van der Waals surface area (Å²) in [5, 5.41) is 5.59. The van der Waals surface area contributed by atoms with Crippen molar-refractivity contribution in [3.63, 3.8) is 0 Å². The number of hydrogen-bond acceptors (Lipinski definition) is 2. The van der Waals surface area contributed by atoms with Crippen LogP contribution in [0.15, 0.2) is 116 Å². The third-order valence-electron chi connectivity index (χ3n) is 5.85. The quantitative estimate of drug-likeness (QED) is 0.362. The van der Waals surface area contributed by atoms with Crippen molar-refractivity contribution < 1.29 is 0 Å². The van der Waals surface area contributed by atoms with E-state index in [0.29, 0.717) is 0 Å². The van der Waals surface area contributed by atoms with E-state index in [1.54, 1.807) is 0 Å². The van der Waals surface area contributed by atoms with E-state index in [1.165, 1.54) is 26.9 Å². The van der Waals surface area contributed by atoms with E-state index in [1.807, 2.05) is 0 Å². The molecule has 0 saturated carbocycles. The third-order valence-corrected chi connectivity index (χ3v) is 8.34. The second-order valence-electron chi connectivity index (χ2n) is 7.96. The predicted molar refractivity (Wildman–Crippen MR) is 134 cm³/mol. The first-order chi connectivity index (χ1) is 15.4. The van der Waals surface area contributed by atoms with E-state index in [4.69, 9.17) is 0 Å². The zero-order valence-electron chi connectivity index (χ0n) is 17.6. The molecule has 1 heterocycles. The summed E-state index contributed by atoms with van der Waals surface area (Å²) in [6.07, 6.45) is 5.67. The van der Waals surface area contributed by atoms with Crippen molar-refractivity contribution in [1.29, 1.82) is 0 Å². The number of nitrogens with zero attached hydrogens (tertiary/aromatic N) is 2. The van der Waals surface area contributed by atoms with Gasteiger partial charge in [-0.1, -0.05) is 103 Å². The van der Waals surface area contributed by atoms with Gasteiger partial charge in [0, 0.05) is 25.5 Å². The third kappa shape index (κ3) is 4.65. The molecule has 31 heavy (non-hydrogen) atoms. The Kier molecular flexibility index (Phi) is 6.00. The molecule has 0 radical (unpaired) electrons. The molecule has 3 heteroatoms.